The standard InChI is InChI=1S/C17H25NO/c1-13(14-7-3-2-4-8-14)18-12-16-11-15-9-5-6-10-17(15)19-16/h5-6,9-10,13-14,16,18H,2-4,7-8,11-12H2,1H3/t13-,16?/m0/s1. The lowest BCUT2D eigenvalue weighted by molar-refractivity contribution is 0.204. The maximum atomic E-state index is 5.98. The summed E-state index contributed by atoms with van der Waals surface area (Å²) in [4.78, 5) is 0. The zero-order chi connectivity index (χ0) is 13.1. The van der Waals surface area contributed by atoms with Crippen LogP contribution in [0.4, 0.5) is 0 Å². The first-order valence-electron chi connectivity index (χ1n) is 7.81. The van der Waals surface area contributed by atoms with Crippen LogP contribution in [0.25, 0.3) is 0 Å². The van der Waals surface area contributed by atoms with Crippen LogP contribution in [0, 0.1) is 5.92 Å². The number of rotatable bonds is 4. The van der Waals surface area contributed by atoms with Crippen molar-refractivity contribution in [2.75, 3.05) is 6.54 Å². The van der Waals surface area contributed by atoms with Gasteiger partial charge in [-0.15, -0.1) is 0 Å². The molecule has 0 saturated heterocycles. The third-order valence-corrected chi connectivity index (χ3v) is 4.74. The monoisotopic (exact) mass is 259 g/mol. The number of para-hydroxylation sites is 1. The molecule has 3 rings (SSSR count). The van der Waals surface area contributed by atoms with Gasteiger partial charge in [0.15, 0.2) is 0 Å². The van der Waals surface area contributed by atoms with Gasteiger partial charge in [0.2, 0.25) is 0 Å². The summed E-state index contributed by atoms with van der Waals surface area (Å²) in [5.41, 5.74) is 1.36. The van der Waals surface area contributed by atoms with Gasteiger partial charge in [-0.25, -0.2) is 0 Å². The van der Waals surface area contributed by atoms with Gasteiger partial charge in [-0.1, -0.05) is 37.5 Å². The second-order valence-electron chi connectivity index (χ2n) is 6.15. The van der Waals surface area contributed by atoms with E-state index in [-0.39, 0.29) is 0 Å². The lowest BCUT2D eigenvalue weighted by Gasteiger charge is -2.29. The summed E-state index contributed by atoms with van der Waals surface area (Å²) in [7, 11) is 0. The summed E-state index contributed by atoms with van der Waals surface area (Å²) in [5.74, 6) is 1.96. The summed E-state index contributed by atoms with van der Waals surface area (Å²) in [6, 6.07) is 9.05. The Labute approximate surface area is 116 Å². The van der Waals surface area contributed by atoms with Gasteiger partial charge in [0, 0.05) is 19.0 Å². The molecule has 2 atom stereocenters. The van der Waals surface area contributed by atoms with Gasteiger partial charge in [-0.05, 0) is 37.3 Å². The van der Waals surface area contributed by atoms with Crippen molar-refractivity contribution >= 4 is 0 Å². The van der Waals surface area contributed by atoms with Crippen molar-refractivity contribution in [1.82, 2.24) is 5.32 Å². The van der Waals surface area contributed by atoms with Gasteiger partial charge in [-0.3, -0.25) is 0 Å². The highest BCUT2D eigenvalue weighted by Gasteiger charge is 2.24. The number of nitrogens with one attached hydrogen (secondary N) is 1. The van der Waals surface area contributed by atoms with E-state index >= 15 is 0 Å². The van der Waals surface area contributed by atoms with E-state index in [4.69, 9.17) is 4.74 Å². The normalized spacial score (nSPS) is 24.8. The quantitative estimate of drug-likeness (QED) is 0.893. The number of hydrogen-bond acceptors (Lipinski definition) is 2. The van der Waals surface area contributed by atoms with E-state index in [1.807, 2.05) is 0 Å². The lowest BCUT2D eigenvalue weighted by Crippen LogP contribution is -2.40. The predicted octanol–water partition coefficient (Wildman–Crippen LogP) is 3.55. The average Bonchev–Trinajstić information content (AvgIpc) is 2.88. The van der Waals surface area contributed by atoms with Gasteiger partial charge >= 0.3 is 0 Å². The smallest absolute Gasteiger partial charge is 0.123 e. The Morgan fingerprint density at radius 2 is 2.00 bits per heavy atom. The molecule has 0 amide bonds. The largest absolute Gasteiger partial charge is 0.488 e. The third kappa shape index (κ3) is 3.11. The van der Waals surface area contributed by atoms with E-state index in [2.05, 4.69) is 36.5 Å². The highest BCUT2D eigenvalue weighted by Crippen LogP contribution is 2.29. The highest BCUT2D eigenvalue weighted by atomic mass is 16.5. The molecule has 2 nitrogen and oxygen atoms in total. The molecule has 2 aliphatic rings. The fourth-order valence-corrected chi connectivity index (χ4v) is 3.49. The first-order chi connectivity index (χ1) is 9.33. The van der Waals surface area contributed by atoms with Crippen molar-refractivity contribution < 1.29 is 4.74 Å². The Kier molecular flexibility index (Phi) is 4.07. The third-order valence-electron chi connectivity index (χ3n) is 4.74. The van der Waals surface area contributed by atoms with E-state index in [0.717, 1.165) is 24.6 Å². The van der Waals surface area contributed by atoms with Gasteiger partial charge in [0.25, 0.3) is 0 Å². The van der Waals surface area contributed by atoms with Gasteiger partial charge in [0.05, 0.1) is 0 Å². The van der Waals surface area contributed by atoms with Crippen LogP contribution in [0.3, 0.4) is 0 Å². The molecule has 0 bridgehead atoms. The van der Waals surface area contributed by atoms with Crippen LogP contribution in [0.1, 0.15) is 44.6 Å². The minimum absolute atomic E-state index is 0.323. The molecule has 0 aromatic heterocycles. The molecule has 19 heavy (non-hydrogen) atoms. The molecule has 2 heteroatoms. The van der Waals surface area contributed by atoms with Gasteiger partial charge in [-0.2, -0.15) is 0 Å². The molecule has 1 aliphatic heterocycles. The van der Waals surface area contributed by atoms with Crippen molar-refractivity contribution in [1.29, 1.82) is 0 Å². The van der Waals surface area contributed by atoms with E-state index in [1.54, 1.807) is 0 Å². The zero-order valence-corrected chi connectivity index (χ0v) is 11.9. The Bertz CT molecular complexity index is 386. The molecule has 1 N–H and O–H groups in total. The molecule has 1 fully saturated rings. The average molecular weight is 259 g/mol. The summed E-state index contributed by atoms with van der Waals surface area (Å²) in [6.45, 7) is 3.32. The van der Waals surface area contributed by atoms with Crippen molar-refractivity contribution in [3.05, 3.63) is 29.8 Å². The second kappa shape index (κ2) is 5.96. The first kappa shape index (κ1) is 13.0. The molecule has 1 aliphatic carbocycles. The van der Waals surface area contributed by atoms with Crippen molar-refractivity contribution in [2.45, 2.75) is 57.6 Å². The molecule has 0 radical (unpaired) electrons. The maximum absolute atomic E-state index is 5.98. The Morgan fingerprint density at radius 3 is 2.79 bits per heavy atom. The fraction of sp³-hybridized carbons (Fsp3) is 0.647. The minimum atomic E-state index is 0.323. The fourth-order valence-electron chi connectivity index (χ4n) is 3.49. The van der Waals surface area contributed by atoms with Crippen LogP contribution in [0.5, 0.6) is 5.75 Å². The summed E-state index contributed by atoms with van der Waals surface area (Å²) < 4.78 is 5.98. The Balaban J connectivity index is 1.46. The number of benzene rings is 1. The molecule has 1 aromatic rings. The van der Waals surface area contributed by atoms with Crippen LogP contribution in [0.2, 0.25) is 0 Å². The van der Waals surface area contributed by atoms with Crippen molar-refractivity contribution in [3.63, 3.8) is 0 Å². The highest BCUT2D eigenvalue weighted by molar-refractivity contribution is 5.37. The molecule has 1 saturated carbocycles. The molecule has 104 valence electrons. The van der Waals surface area contributed by atoms with Crippen LogP contribution < -0.4 is 10.1 Å². The summed E-state index contributed by atoms with van der Waals surface area (Å²) >= 11 is 0. The maximum Gasteiger partial charge on any atom is 0.123 e. The lowest BCUT2D eigenvalue weighted by atomic mass is 9.84. The zero-order valence-electron chi connectivity index (χ0n) is 11.9. The van der Waals surface area contributed by atoms with Crippen molar-refractivity contribution in [3.8, 4) is 5.75 Å². The summed E-state index contributed by atoms with van der Waals surface area (Å²) in [6.07, 6.45) is 8.46. The van der Waals surface area contributed by atoms with Gasteiger partial charge in [0.1, 0.15) is 11.9 Å². The Hall–Kier alpha value is -1.02. The second-order valence-corrected chi connectivity index (χ2v) is 6.15. The van der Waals surface area contributed by atoms with Crippen LogP contribution in [0.15, 0.2) is 24.3 Å². The number of fused-ring (bicyclic) bond motifs is 1. The molecular weight excluding hydrogens is 234 g/mol. The summed E-state index contributed by atoms with van der Waals surface area (Å²) in [5, 5.41) is 3.70. The number of ether oxygens (including phenoxy) is 1. The Morgan fingerprint density at radius 1 is 1.21 bits per heavy atom. The molecule has 1 aromatic carbocycles. The molecular formula is C17H25NO. The predicted molar refractivity (Wildman–Crippen MR) is 78.6 cm³/mol. The van der Waals surface area contributed by atoms with E-state index in [9.17, 15) is 0 Å². The van der Waals surface area contributed by atoms with E-state index < -0.39 is 0 Å². The first-order valence-corrected chi connectivity index (χ1v) is 7.81. The van der Waals surface area contributed by atoms with E-state index in [1.165, 1.54) is 37.7 Å². The molecule has 1 heterocycles. The topological polar surface area (TPSA) is 21.3 Å². The van der Waals surface area contributed by atoms with Gasteiger partial charge < -0.3 is 10.1 Å². The number of hydrogen-bond donors (Lipinski definition) is 1. The minimum Gasteiger partial charge on any atom is -0.488 e. The van der Waals surface area contributed by atoms with Crippen LogP contribution in [-0.2, 0) is 6.42 Å². The van der Waals surface area contributed by atoms with E-state index in [0.29, 0.717) is 12.1 Å². The molecule has 1 unspecified atom stereocenters. The van der Waals surface area contributed by atoms with Crippen molar-refractivity contribution in [2.24, 2.45) is 5.92 Å². The molecule has 0 spiro atoms. The van der Waals surface area contributed by atoms with Crippen LogP contribution >= 0.6 is 0 Å². The SMILES string of the molecule is C[C@H](NCC1Cc2ccccc2O1)C1CCCCC1. The van der Waals surface area contributed by atoms with Crippen LogP contribution in [-0.4, -0.2) is 18.7 Å².